The van der Waals surface area contributed by atoms with Gasteiger partial charge in [0.05, 0.1) is 5.71 Å². The number of carbonyl (C=O) groups excluding carboxylic acids is 1. The Bertz CT molecular complexity index is 633. The number of hydrogen-bond donors (Lipinski definition) is 1. The van der Waals surface area contributed by atoms with E-state index >= 15 is 0 Å². The van der Waals surface area contributed by atoms with Gasteiger partial charge in [-0.2, -0.15) is 0 Å². The quantitative estimate of drug-likeness (QED) is 0.415. The highest BCUT2D eigenvalue weighted by atomic mass is 16.4. The summed E-state index contributed by atoms with van der Waals surface area (Å²) < 4.78 is 0. The molecule has 0 radical (unpaired) electrons. The van der Waals surface area contributed by atoms with Gasteiger partial charge in [0.1, 0.15) is 0 Å². The van der Waals surface area contributed by atoms with Gasteiger partial charge in [0, 0.05) is 5.41 Å². The van der Waals surface area contributed by atoms with Crippen molar-refractivity contribution in [2.45, 2.75) is 52.4 Å². The molecule has 3 fully saturated rings. The lowest BCUT2D eigenvalue weighted by molar-refractivity contribution is -0.115. The minimum Gasteiger partial charge on any atom is -0.411 e. The summed E-state index contributed by atoms with van der Waals surface area (Å²) in [5.41, 5.74) is 2.19. The molecule has 4 rings (SSSR count). The number of fused-ring (bicyclic) bond motifs is 3. The molecule has 4 aliphatic carbocycles. The molecule has 0 unspecified atom stereocenters. The van der Waals surface area contributed by atoms with Crippen molar-refractivity contribution < 1.29 is 10.0 Å². The van der Waals surface area contributed by atoms with Gasteiger partial charge in [-0.25, -0.2) is 0 Å². The first-order chi connectivity index (χ1) is 10.3. The molecule has 118 valence electrons. The third-order valence-electron chi connectivity index (χ3n) is 7.57. The van der Waals surface area contributed by atoms with Gasteiger partial charge in [0.15, 0.2) is 5.78 Å². The molecule has 0 aromatic rings. The fraction of sp³-hybridized carbons (Fsp3) is 0.684. The highest BCUT2D eigenvalue weighted by molar-refractivity contribution is 6.05. The van der Waals surface area contributed by atoms with Crippen LogP contribution in [0.1, 0.15) is 52.4 Å². The second-order valence-corrected chi connectivity index (χ2v) is 8.59. The fourth-order valence-electron chi connectivity index (χ4n) is 6.52. The first-order valence-electron chi connectivity index (χ1n) is 8.48. The van der Waals surface area contributed by atoms with Crippen LogP contribution in [0.25, 0.3) is 0 Å². The summed E-state index contributed by atoms with van der Waals surface area (Å²) in [4.78, 5) is 12.0. The Kier molecular flexibility index (Phi) is 2.67. The van der Waals surface area contributed by atoms with Crippen LogP contribution >= 0.6 is 0 Å². The minimum atomic E-state index is 0.0372. The van der Waals surface area contributed by atoms with Crippen molar-refractivity contribution in [3.63, 3.8) is 0 Å². The Morgan fingerprint density at radius 1 is 1.32 bits per heavy atom. The highest BCUT2D eigenvalue weighted by Crippen LogP contribution is 2.70. The molecule has 0 aromatic carbocycles. The number of oxime groups is 1. The number of hydrogen-bond acceptors (Lipinski definition) is 3. The molecule has 3 heteroatoms. The molecular weight excluding hydrogens is 274 g/mol. The Morgan fingerprint density at radius 2 is 2.09 bits per heavy atom. The van der Waals surface area contributed by atoms with Crippen LogP contribution in [0.15, 0.2) is 29.5 Å². The summed E-state index contributed by atoms with van der Waals surface area (Å²) in [6.07, 6.45) is 10.4. The normalized spacial score (nSPS) is 51.8. The van der Waals surface area contributed by atoms with Crippen LogP contribution in [0.4, 0.5) is 0 Å². The van der Waals surface area contributed by atoms with E-state index < -0.39 is 0 Å². The molecule has 0 aliphatic heterocycles. The summed E-state index contributed by atoms with van der Waals surface area (Å²) in [6, 6.07) is 0. The lowest BCUT2D eigenvalue weighted by Gasteiger charge is -2.59. The van der Waals surface area contributed by atoms with Crippen LogP contribution in [0.3, 0.4) is 0 Å². The number of rotatable bonds is 0. The summed E-state index contributed by atoms with van der Waals surface area (Å²) in [7, 11) is 0. The molecule has 0 heterocycles. The molecule has 1 N–H and O–H groups in total. The van der Waals surface area contributed by atoms with Gasteiger partial charge in [-0.3, -0.25) is 4.79 Å². The first-order valence-corrected chi connectivity index (χ1v) is 8.48. The van der Waals surface area contributed by atoms with E-state index in [-0.39, 0.29) is 22.0 Å². The summed E-state index contributed by atoms with van der Waals surface area (Å²) in [5, 5.41) is 13.1. The Hall–Kier alpha value is -1.38. The predicted octanol–water partition coefficient (Wildman–Crippen LogP) is 4.12. The zero-order valence-corrected chi connectivity index (χ0v) is 13.6. The van der Waals surface area contributed by atoms with Gasteiger partial charge in [0.25, 0.3) is 0 Å². The van der Waals surface area contributed by atoms with E-state index in [0.717, 1.165) is 49.8 Å². The number of carbonyl (C=O) groups is 1. The van der Waals surface area contributed by atoms with Crippen molar-refractivity contribution in [3.8, 4) is 0 Å². The van der Waals surface area contributed by atoms with E-state index in [1.165, 1.54) is 0 Å². The van der Waals surface area contributed by atoms with Gasteiger partial charge in [0.2, 0.25) is 0 Å². The van der Waals surface area contributed by atoms with Crippen LogP contribution in [0.2, 0.25) is 0 Å². The van der Waals surface area contributed by atoms with Crippen LogP contribution in [0, 0.1) is 28.1 Å². The van der Waals surface area contributed by atoms with Gasteiger partial charge < -0.3 is 5.21 Å². The monoisotopic (exact) mass is 299 g/mol. The maximum atomic E-state index is 12.0. The molecule has 22 heavy (non-hydrogen) atoms. The van der Waals surface area contributed by atoms with E-state index in [9.17, 15) is 10.0 Å². The van der Waals surface area contributed by atoms with Gasteiger partial charge in [-0.1, -0.05) is 31.7 Å². The van der Waals surface area contributed by atoms with Crippen LogP contribution < -0.4 is 0 Å². The standard InChI is InChI=1S/C19H25NO2/c1-12-13-4-9-19-10-16(20-22)17(2,11-19)7-6-15(19)18(13,3)8-5-14(12)21/h5,8,13,15,22H,1,4,6-7,9-11H2,2-3H3/b20-16+/t13-,15+,17+,18-,19+/m1/s1. The lowest BCUT2D eigenvalue weighted by Crippen LogP contribution is -2.52. The molecule has 2 bridgehead atoms. The number of nitrogens with zero attached hydrogens (tertiary/aromatic N) is 1. The molecule has 4 aliphatic rings. The SMILES string of the molecule is C=C1C(=O)C=C[C@]2(C)[C@@H]1CC[C@@]13C/C(=N\O)[C@@](C)(CC[C@H]12)C3. The number of ketones is 1. The molecule has 5 atom stereocenters. The van der Waals surface area contributed by atoms with Crippen molar-refractivity contribution in [3.05, 3.63) is 24.3 Å². The Balaban J connectivity index is 1.80. The van der Waals surface area contributed by atoms with Crippen molar-refractivity contribution in [2.24, 2.45) is 33.2 Å². The Morgan fingerprint density at radius 3 is 2.82 bits per heavy atom. The maximum absolute atomic E-state index is 12.0. The van der Waals surface area contributed by atoms with E-state index in [1.54, 1.807) is 6.08 Å². The summed E-state index contributed by atoms with van der Waals surface area (Å²) in [5.74, 6) is 0.968. The molecular formula is C19H25NO2. The molecule has 3 nitrogen and oxygen atoms in total. The predicted molar refractivity (Wildman–Crippen MR) is 85.8 cm³/mol. The third kappa shape index (κ3) is 1.52. The topological polar surface area (TPSA) is 49.7 Å². The summed E-state index contributed by atoms with van der Waals surface area (Å²) >= 11 is 0. The van der Waals surface area contributed by atoms with Gasteiger partial charge in [-0.15, -0.1) is 0 Å². The largest absolute Gasteiger partial charge is 0.411 e. The molecule has 3 saturated carbocycles. The van der Waals surface area contributed by atoms with Crippen molar-refractivity contribution in [1.29, 1.82) is 0 Å². The van der Waals surface area contributed by atoms with E-state index in [2.05, 4.69) is 31.7 Å². The Labute approximate surface area is 132 Å². The smallest absolute Gasteiger partial charge is 0.181 e. The minimum absolute atomic E-state index is 0.0372. The van der Waals surface area contributed by atoms with Crippen molar-refractivity contribution in [2.75, 3.05) is 0 Å². The van der Waals surface area contributed by atoms with Crippen molar-refractivity contribution >= 4 is 11.5 Å². The van der Waals surface area contributed by atoms with Gasteiger partial charge >= 0.3 is 0 Å². The van der Waals surface area contributed by atoms with Crippen LogP contribution in [0.5, 0.6) is 0 Å². The average molecular weight is 299 g/mol. The fourth-order valence-corrected chi connectivity index (χ4v) is 6.52. The maximum Gasteiger partial charge on any atom is 0.181 e. The van der Waals surface area contributed by atoms with Crippen LogP contribution in [-0.4, -0.2) is 16.7 Å². The molecule has 0 aromatic heterocycles. The second-order valence-electron chi connectivity index (χ2n) is 8.59. The van der Waals surface area contributed by atoms with Crippen LogP contribution in [-0.2, 0) is 4.79 Å². The third-order valence-corrected chi connectivity index (χ3v) is 7.57. The van der Waals surface area contributed by atoms with E-state index in [0.29, 0.717) is 11.8 Å². The van der Waals surface area contributed by atoms with E-state index in [1.807, 2.05) is 0 Å². The average Bonchev–Trinajstić information content (AvgIpc) is 2.69. The zero-order chi connectivity index (χ0) is 15.8. The second kappa shape index (κ2) is 4.12. The number of allylic oxidation sites excluding steroid dienone is 3. The van der Waals surface area contributed by atoms with Crippen molar-refractivity contribution in [1.82, 2.24) is 0 Å². The highest BCUT2D eigenvalue weighted by Gasteiger charge is 2.64. The molecule has 1 spiro atoms. The first kappa shape index (κ1) is 14.2. The molecule has 0 saturated heterocycles. The summed E-state index contributed by atoms with van der Waals surface area (Å²) in [6.45, 7) is 8.69. The zero-order valence-electron chi connectivity index (χ0n) is 13.6. The van der Waals surface area contributed by atoms with Gasteiger partial charge in [-0.05, 0) is 72.8 Å². The lowest BCUT2D eigenvalue weighted by atomic mass is 9.45. The van der Waals surface area contributed by atoms with E-state index in [4.69, 9.17) is 0 Å². The molecule has 0 amide bonds.